The number of hydrogen-bond donors (Lipinski definition) is 0. The first kappa shape index (κ1) is 23.1. The van der Waals surface area contributed by atoms with Crippen molar-refractivity contribution in [2.45, 2.75) is 18.4 Å². The number of nitriles is 1. The molecule has 1 fully saturated rings. The van der Waals surface area contributed by atoms with E-state index in [0.717, 1.165) is 11.1 Å². The molecule has 0 radical (unpaired) electrons. The molecule has 0 saturated carbocycles. The summed E-state index contributed by atoms with van der Waals surface area (Å²) in [6.45, 7) is 2.10. The predicted molar refractivity (Wildman–Crippen MR) is 129 cm³/mol. The van der Waals surface area contributed by atoms with Gasteiger partial charge in [0.2, 0.25) is 5.91 Å². The molecule has 1 heterocycles. The largest absolute Gasteiger partial charge is 0.340 e. The summed E-state index contributed by atoms with van der Waals surface area (Å²) < 4.78 is 0. The van der Waals surface area contributed by atoms with E-state index in [4.69, 9.17) is 0 Å². The van der Waals surface area contributed by atoms with E-state index >= 15 is 0 Å². The first-order chi connectivity index (χ1) is 16.6. The number of hydrogen-bond acceptors (Lipinski definition) is 5. The number of carbonyl (C=O) groups excluding carboxylic acids is 1. The third-order valence-corrected chi connectivity index (χ3v) is 6.33. The fraction of sp³-hybridized carbons (Fsp3) is 0.259. The van der Waals surface area contributed by atoms with Crippen LogP contribution in [-0.4, -0.2) is 46.8 Å². The van der Waals surface area contributed by atoms with Crippen LogP contribution in [0.25, 0.3) is 0 Å². The average molecular weight is 455 g/mol. The van der Waals surface area contributed by atoms with E-state index in [1.54, 1.807) is 12.1 Å². The molecule has 3 aromatic carbocycles. The first-order valence-electron chi connectivity index (χ1n) is 11.3. The van der Waals surface area contributed by atoms with Crippen molar-refractivity contribution in [3.05, 3.63) is 112 Å². The van der Waals surface area contributed by atoms with Crippen LogP contribution < -0.4 is 0 Å². The highest BCUT2D eigenvalue weighted by atomic mass is 16.6. The van der Waals surface area contributed by atoms with Crippen LogP contribution in [0.15, 0.2) is 84.9 Å². The summed E-state index contributed by atoms with van der Waals surface area (Å²) in [5.74, 6) is 0.0610. The van der Waals surface area contributed by atoms with Crippen LogP contribution in [0.1, 0.15) is 35.1 Å². The predicted octanol–water partition coefficient (Wildman–Crippen LogP) is 4.53. The van der Waals surface area contributed by atoms with E-state index in [1.807, 2.05) is 46.2 Å². The molecule has 1 saturated heterocycles. The van der Waals surface area contributed by atoms with Crippen molar-refractivity contribution < 1.29 is 9.72 Å². The van der Waals surface area contributed by atoms with Crippen molar-refractivity contribution in [2.75, 3.05) is 26.2 Å². The van der Waals surface area contributed by atoms with E-state index < -0.39 is 11.0 Å². The number of nitro benzene ring substituents is 1. The molecule has 1 unspecified atom stereocenters. The van der Waals surface area contributed by atoms with Gasteiger partial charge in [0.05, 0.1) is 11.0 Å². The van der Waals surface area contributed by atoms with Gasteiger partial charge in [-0.05, 0) is 16.7 Å². The number of rotatable bonds is 7. The average Bonchev–Trinajstić information content (AvgIpc) is 2.89. The Kier molecular flexibility index (Phi) is 7.31. The molecular formula is C27H26N4O3. The summed E-state index contributed by atoms with van der Waals surface area (Å²) in [6.07, 6.45) is 0.376. The Morgan fingerprint density at radius 2 is 1.44 bits per heavy atom. The van der Waals surface area contributed by atoms with Gasteiger partial charge in [-0.1, -0.05) is 72.8 Å². The molecule has 7 heteroatoms. The van der Waals surface area contributed by atoms with Gasteiger partial charge >= 0.3 is 0 Å². The van der Waals surface area contributed by atoms with Gasteiger partial charge in [0.15, 0.2) is 0 Å². The van der Waals surface area contributed by atoms with Crippen LogP contribution in [-0.2, 0) is 4.79 Å². The van der Waals surface area contributed by atoms with E-state index in [1.165, 1.54) is 12.1 Å². The lowest BCUT2D eigenvalue weighted by Gasteiger charge is -2.37. The van der Waals surface area contributed by atoms with Crippen LogP contribution >= 0.6 is 0 Å². The summed E-state index contributed by atoms with van der Waals surface area (Å²) in [5, 5.41) is 20.9. The fourth-order valence-electron chi connectivity index (χ4n) is 4.51. The molecule has 7 nitrogen and oxygen atoms in total. The molecule has 172 valence electrons. The lowest BCUT2D eigenvalue weighted by atomic mass is 9.88. The Morgan fingerprint density at radius 1 is 0.882 bits per heavy atom. The number of non-ortho nitro benzene ring substituents is 1. The summed E-state index contributed by atoms with van der Waals surface area (Å²) >= 11 is 0. The van der Waals surface area contributed by atoms with Crippen LogP contribution in [0, 0.1) is 21.4 Å². The highest BCUT2D eigenvalue weighted by Gasteiger charge is 2.29. The fourth-order valence-corrected chi connectivity index (χ4v) is 4.51. The molecule has 4 rings (SSSR count). The van der Waals surface area contributed by atoms with Crippen molar-refractivity contribution >= 4 is 11.6 Å². The maximum absolute atomic E-state index is 13.3. The monoisotopic (exact) mass is 454 g/mol. The van der Waals surface area contributed by atoms with Gasteiger partial charge in [-0.2, -0.15) is 5.26 Å². The molecule has 0 spiro atoms. The number of benzene rings is 3. The van der Waals surface area contributed by atoms with Gasteiger partial charge in [0.1, 0.15) is 6.04 Å². The van der Waals surface area contributed by atoms with Crippen LogP contribution in [0.4, 0.5) is 5.69 Å². The Balaban J connectivity index is 1.43. The third-order valence-electron chi connectivity index (χ3n) is 6.33. The molecule has 0 aliphatic carbocycles. The minimum absolute atomic E-state index is 0.0235. The maximum Gasteiger partial charge on any atom is 0.269 e. The van der Waals surface area contributed by atoms with Gasteiger partial charge in [0.25, 0.3) is 5.69 Å². The van der Waals surface area contributed by atoms with Gasteiger partial charge in [-0.25, -0.2) is 0 Å². The SMILES string of the molecule is N#CC(c1cccc([N+](=O)[O-])c1)N1CCN(C(=O)CC(c2ccccc2)c2ccccc2)CC1. The molecule has 1 amide bonds. The van der Waals surface area contributed by atoms with Crippen molar-refractivity contribution in [1.29, 1.82) is 5.26 Å². The normalized spacial score (nSPS) is 15.0. The lowest BCUT2D eigenvalue weighted by molar-refractivity contribution is -0.384. The zero-order valence-electron chi connectivity index (χ0n) is 18.8. The van der Waals surface area contributed by atoms with Gasteiger partial charge in [0, 0.05) is 50.7 Å². The van der Waals surface area contributed by atoms with Crippen molar-refractivity contribution in [3.8, 4) is 6.07 Å². The van der Waals surface area contributed by atoms with Gasteiger partial charge < -0.3 is 4.90 Å². The molecule has 1 atom stereocenters. The minimum atomic E-state index is -0.585. The molecule has 0 bridgehead atoms. The zero-order chi connectivity index (χ0) is 23.9. The zero-order valence-corrected chi connectivity index (χ0v) is 18.8. The highest BCUT2D eigenvalue weighted by molar-refractivity contribution is 5.78. The molecule has 1 aliphatic rings. The smallest absolute Gasteiger partial charge is 0.269 e. The van der Waals surface area contributed by atoms with E-state index in [0.29, 0.717) is 38.2 Å². The van der Waals surface area contributed by atoms with Crippen molar-refractivity contribution in [2.24, 2.45) is 0 Å². The number of nitro groups is 1. The second-order valence-corrected chi connectivity index (χ2v) is 8.38. The molecule has 0 N–H and O–H groups in total. The van der Waals surface area contributed by atoms with Crippen LogP contribution in [0.3, 0.4) is 0 Å². The Morgan fingerprint density at radius 3 is 1.97 bits per heavy atom. The molecule has 3 aromatic rings. The molecular weight excluding hydrogens is 428 g/mol. The third kappa shape index (κ3) is 5.30. The van der Waals surface area contributed by atoms with Crippen molar-refractivity contribution in [3.63, 3.8) is 0 Å². The summed E-state index contributed by atoms with van der Waals surface area (Å²) in [5.41, 5.74) is 2.79. The second kappa shape index (κ2) is 10.7. The van der Waals surface area contributed by atoms with Crippen LogP contribution in [0.5, 0.6) is 0 Å². The molecule has 1 aliphatic heterocycles. The number of carbonyl (C=O) groups is 1. The maximum atomic E-state index is 13.3. The highest BCUT2D eigenvalue weighted by Crippen LogP contribution is 2.30. The number of nitrogens with zero attached hydrogens (tertiary/aromatic N) is 4. The second-order valence-electron chi connectivity index (χ2n) is 8.38. The summed E-state index contributed by atoms with van der Waals surface area (Å²) in [7, 11) is 0. The molecule has 0 aromatic heterocycles. The summed E-state index contributed by atoms with van der Waals surface area (Å²) in [4.78, 5) is 27.8. The van der Waals surface area contributed by atoms with E-state index in [9.17, 15) is 20.2 Å². The Hall–Kier alpha value is -4.02. The Labute approximate surface area is 199 Å². The Bertz CT molecular complexity index is 1130. The molecule has 34 heavy (non-hydrogen) atoms. The van der Waals surface area contributed by atoms with E-state index in [-0.39, 0.29) is 17.5 Å². The standard InChI is InChI=1S/C27H26N4O3/c28-20-26(23-12-7-13-24(18-23)31(33)34)29-14-16-30(17-15-29)27(32)19-25(21-8-3-1-4-9-21)22-10-5-2-6-11-22/h1-13,18,25-26H,14-17,19H2. The topological polar surface area (TPSA) is 90.5 Å². The minimum Gasteiger partial charge on any atom is -0.340 e. The lowest BCUT2D eigenvalue weighted by Crippen LogP contribution is -2.49. The van der Waals surface area contributed by atoms with Crippen LogP contribution in [0.2, 0.25) is 0 Å². The first-order valence-corrected chi connectivity index (χ1v) is 11.3. The van der Waals surface area contributed by atoms with Gasteiger partial charge in [-0.3, -0.25) is 19.8 Å². The van der Waals surface area contributed by atoms with Crippen molar-refractivity contribution in [1.82, 2.24) is 9.80 Å². The number of amides is 1. The quantitative estimate of drug-likeness (QED) is 0.387. The summed E-state index contributed by atoms with van der Waals surface area (Å²) in [6, 6.07) is 28.0. The number of piperazine rings is 1. The van der Waals surface area contributed by atoms with E-state index in [2.05, 4.69) is 30.3 Å². The van der Waals surface area contributed by atoms with Gasteiger partial charge in [-0.15, -0.1) is 0 Å².